The van der Waals surface area contributed by atoms with E-state index in [9.17, 15) is 4.79 Å². The van der Waals surface area contributed by atoms with E-state index >= 15 is 0 Å². The standard InChI is InChI=1S/C12H24N2O3/c1-17-8-10(13)11(16)14-9-12(6-7-15)4-2-3-5-12/h10,15H,2-9,13H2,1H3,(H,14,16). The van der Waals surface area contributed by atoms with Crippen molar-refractivity contribution in [2.75, 3.05) is 26.9 Å². The number of carbonyl (C=O) groups is 1. The number of methoxy groups -OCH3 is 1. The van der Waals surface area contributed by atoms with Crippen LogP contribution >= 0.6 is 0 Å². The third-order valence-corrected chi connectivity index (χ3v) is 3.63. The number of ether oxygens (including phenoxy) is 1. The Balaban J connectivity index is 2.39. The molecule has 5 nitrogen and oxygen atoms in total. The van der Waals surface area contributed by atoms with Crippen molar-refractivity contribution in [3.8, 4) is 0 Å². The lowest BCUT2D eigenvalue weighted by Crippen LogP contribution is -2.47. The zero-order valence-electron chi connectivity index (χ0n) is 10.6. The molecule has 100 valence electrons. The summed E-state index contributed by atoms with van der Waals surface area (Å²) >= 11 is 0. The van der Waals surface area contributed by atoms with Gasteiger partial charge in [0.05, 0.1) is 6.61 Å². The maximum absolute atomic E-state index is 11.7. The number of rotatable bonds is 7. The molecule has 1 saturated carbocycles. The lowest BCUT2D eigenvalue weighted by molar-refractivity contribution is -0.124. The van der Waals surface area contributed by atoms with E-state index in [1.807, 2.05) is 0 Å². The topological polar surface area (TPSA) is 84.6 Å². The molecular formula is C12H24N2O3. The number of aliphatic hydroxyl groups is 1. The molecule has 1 rings (SSSR count). The monoisotopic (exact) mass is 244 g/mol. The maximum Gasteiger partial charge on any atom is 0.239 e. The van der Waals surface area contributed by atoms with Crippen LogP contribution in [0.3, 0.4) is 0 Å². The van der Waals surface area contributed by atoms with Gasteiger partial charge >= 0.3 is 0 Å². The number of hydrogen-bond donors (Lipinski definition) is 3. The highest BCUT2D eigenvalue weighted by Gasteiger charge is 2.33. The number of nitrogens with two attached hydrogens (primary N) is 1. The Morgan fingerprint density at radius 3 is 2.71 bits per heavy atom. The smallest absolute Gasteiger partial charge is 0.239 e. The molecule has 17 heavy (non-hydrogen) atoms. The second-order valence-corrected chi connectivity index (χ2v) is 4.96. The van der Waals surface area contributed by atoms with E-state index in [-0.39, 0.29) is 24.5 Å². The highest BCUT2D eigenvalue weighted by molar-refractivity contribution is 5.81. The molecule has 1 amide bonds. The average molecular weight is 244 g/mol. The van der Waals surface area contributed by atoms with E-state index < -0.39 is 6.04 Å². The van der Waals surface area contributed by atoms with Crippen LogP contribution in [0.25, 0.3) is 0 Å². The normalized spacial score (nSPS) is 20.2. The van der Waals surface area contributed by atoms with Gasteiger partial charge in [-0.15, -0.1) is 0 Å². The fourth-order valence-corrected chi connectivity index (χ4v) is 2.54. The van der Waals surface area contributed by atoms with Gasteiger partial charge in [-0.05, 0) is 24.7 Å². The average Bonchev–Trinajstić information content (AvgIpc) is 2.76. The van der Waals surface area contributed by atoms with Gasteiger partial charge < -0.3 is 20.9 Å². The van der Waals surface area contributed by atoms with E-state index in [2.05, 4.69) is 5.32 Å². The van der Waals surface area contributed by atoms with Crippen LogP contribution in [-0.4, -0.2) is 43.9 Å². The number of amides is 1. The molecule has 0 saturated heterocycles. The Morgan fingerprint density at radius 1 is 1.53 bits per heavy atom. The third kappa shape index (κ3) is 4.26. The molecule has 0 bridgehead atoms. The minimum atomic E-state index is -0.604. The predicted octanol–water partition coefficient (Wildman–Crippen LogP) is 0.0191. The fourth-order valence-electron chi connectivity index (χ4n) is 2.54. The van der Waals surface area contributed by atoms with Crippen LogP contribution < -0.4 is 11.1 Å². The first kappa shape index (κ1) is 14.4. The molecule has 5 heteroatoms. The first-order chi connectivity index (χ1) is 8.13. The van der Waals surface area contributed by atoms with Crippen molar-refractivity contribution < 1.29 is 14.6 Å². The predicted molar refractivity (Wildman–Crippen MR) is 65.5 cm³/mol. The number of nitrogens with one attached hydrogen (secondary N) is 1. The van der Waals surface area contributed by atoms with Gasteiger partial charge in [-0.1, -0.05) is 12.8 Å². The Bertz CT molecular complexity index is 240. The summed E-state index contributed by atoms with van der Waals surface area (Å²) in [6, 6.07) is -0.604. The first-order valence-electron chi connectivity index (χ1n) is 6.27. The van der Waals surface area contributed by atoms with Gasteiger partial charge in [0.25, 0.3) is 0 Å². The minimum absolute atomic E-state index is 0.0806. The van der Waals surface area contributed by atoms with Crippen LogP contribution in [0.1, 0.15) is 32.1 Å². The van der Waals surface area contributed by atoms with Gasteiger partial charge in [-0.25, -0.2) is 0 Å². The van der Waals surface area contributed by atoms with Crippen molar-refractivity contribution in [1.29, 1.82) is 0 Å². The zero-order valence-corrected chi connectivity index (χ0v) is 10.6. The summed E-state index contributed by atoms with van der Waals surface area (Å²) in [6.07, 6.45) is 5.27. The lowest BCUT2D eigenvalue weighted by atomic mass is 9.83. The first-order valence-corrected chi connectivity index (χ1v) is 6.27. The van der Waals surface area contributed by atoms with Crippen molar-refractivity contribution in [2.24, 2.45) is 11.1 Å². The van der Waals surface area contributed by atoms with Crippen LogP contribution in [0.2, 0.25) is 0 Å². The summed E-state index contributed by atoms with van der Waals surface area (Å²) in [5, 5.41) is 12.0. The van der Waals surface area contributed by atoms with Crippen molar-refractivity contribution in [1.82, 2.24) is 5.32 Å². The van der Waals surface area contributed by atoms with E-state index in [1.165, 1.54) is 20.0 Å². The SMILES string of the molecule is COCC(N)C(=O)NCC1(CCO)CCCC1. The molecule has 0 aromatic carbocycles. The lowest BCUT2D eigenvalue weighted by Gasteiger charge is -2.29. The number of hydrogen-bond acceptors (Lipinski definition) is 4. The molecule has 0 aromatic heterocycles. The summed E-state index contributed by atoms with van der Waals surface area (Å²) in [5.74, 6) is -0.170. The highest BCUT2D eigenvalue weighted by atomic mass is 16.5. The Hall–Kier alpha value is -0.650. The van der Waals surface area contributed by atoms with E-state index in [0.717, 1.165) is 19.3 Å². The maximum atomic E-state index is 11.7. The molecule has 0 radical (unpaired) electrons. The van der Waals surface area contributed by atoms with Gasteiger partial charge in [-0.2, -0.15) is 0 Å². The summed E-state index contributed by atoms with van der Waals surface area (Å²) in [7, 11) is 1.53. The molecule has 1 fully saturated rings. The molecule has 0 spiro atoms. The zero-order chi connectivity index (χ0) is 12.7. The number of aliphatic hydroxyl groups excluding tert-OH is 1. The van der Waals surface area contributed by atoms with Crippen LogP contribution in [-0.2, 0) is 9.53 Å². The molecule has 4 N–H and O–H groups in total. The van der Waals surface area contributed by atoms with E-state index in [1.54, 1.807) is 0 Å². The van der Waals surface area contributed by atoms with Gasteiger partial charge in [0.15, 0.2) is 0 Å². The van der Waals surface area contributed by atoms with Crippen molar-refractivity contribution in [3.05, 3.63) is 0 Å². The van der Waals surface area contributed by atoms with Crippen LogP contribution in [0.15, 0.2) is 0 Å². The van der Waals surface area contributed by atoms with E-state index in [4.69, 9.17) is 15.6 Å². The molecule has 1 aliphatic rings. The summed E-state index contributed by atoms with van der Waals surface area (Å²) in [4.78, 5) is 11.7. The molecule has 0 aliphatic heterocycles. The second kappa shape index (κ2) is 6.93. The third-order valence-electron chi connectivity index (χ3n) is 3.63. The van der Waals surface area contributed by atoms with Crippen LogP contribution in [0, 0.1) is 5.41 Å². The van der Waals surface area contributed by atoms with Crippen molar-refractivity contribution >= 4 is 5.91 Å². The summed E-state index contributed by atoms with van der Waals surface area (Å²) in [6.45, 7) is 1.03. The molecule has 0 aromatic rings. The molecule has 1 atom stereocenters. The Labute approximate surface area is 103 Å². The van der Waals surface area contributed by atoms with Crippen LogP contribution in [0.5, 0.6) is 0 Å². The quantitative estimate of drug-likeness (QED) is 0.589. The van der Waals surface area contributed by atoms with Gasteiger partial charge in [0.1, 0.15) is 6.04 Å². The van der Waals surface area contributed by atoms with Crippen molar-refractivity contribution in [3.63, 3.8) is 0 Å². The molecule has 1 aliphatic carbocycles. The Morgan fingerprint density at radius 2 is 2.18 bits per heavy atom. The van der Waals surface area contributed by atoms with Crippen LogP contribution in [0.4, 0.5) is 0 Å². The van der Waals surface area contributed by atoms with E-state index in [0.29, 0.717) is 6.54 Å². The molecule has 1 unspecified atom stereocenters. The molecule has 0 heterocycles. The highest BCUT2D eigenvalue weighted by Crippen LogP contribution is 2.40. The van der Waals surface area contributed by atoms with Gasteiger partial charge in [-0.3, -0.25) is 4.79 Å². The molecular weight excluding hydrogens is 220 g/mol. The Kier molecular flexibility index (Phi) is 5.88. The van der Waals surface area contributed by atoms with Gasteiger partial charge in [0.2, 0.25) is 5.91 Å². The largest absolute Gasteiger partial charge is 0.396 e. The minimum Gasteiger partial charge on any atom is -0.396 e. The summed E-state index contributed by atoms with van der Waals surface area (Å²) in [5.41, 5.74) is 5.72. The fraction of sp³-hybridized carbons (Fsp3) is 0.917. The second-order valence-electron chi connectivity index (χ2n) is 4.96. The van der Waals surface area contributed by atoms with Gasteiger partial charge in [0, 0.05) is 20.3 Å². The number of carbonyl (C=O) groups excluding carboxylic acids is 1. The summed E-state index contributed by atoms with van der Waals surface area (Å²) < 4.78 is 4.84. The van der Waals surface area contributed by atoms with Crippen molar-refractivity contribution in [2.45, 2.75) is 38.1 Å².